The molecule has 2 fully saturated rings. The molecule has 0 aliphatic carbocycles. The van der Waals surface area contributed by atoms with Crippen LogP contribution in [0.1, 0.15) is 29.0 Å². The van der Waals surface area contributed by atoms with E-state index >= 15 is 0 Å². The van der Waals surface area contributed by atoms with Crippen LogP contribution in [0, 0.1) is 0 Å². The summed E-state index contributed by atoms with van der Waals surface area (Å²) in [5.74, 6) is -2.42. The number of carbonyl (C=O) groups excluding carboxylic acids is 1. The Morgan fingerprint density at radius 1 is 1.31 bits per heavy atom. The molecular formula is C20H23F3N4O5. The molecule has 4 rings (SSSR count). The van der Waals surface area contributed by atoms with Gasteiger partial charge in [0.25, 0.3) is 5.91 Å². The summed E-state index contributed by atoms with van der Waals surface area (Å²) in [6.45, 7) is 2.11. The molecule has 2 aliphatic rings. The van der Waals surface area contributed by atoms with Crippen LogP contribution in [0.2, 0.25) is 0 Å². The largest absolute Gasteiger partial charge is 0.490 e. The molecule has 1 N–H and O–H groups in total. The van der Waals surface area contributed by atoms with Gasteiger partial charge in [0.2, 0.25) is 0 Å². The smallest absolute Gasteiger partial charge is 0.475 e. The summed E-state index contributed by atoms with van der Waals surface area (Å²) in [5, 5.41) is 7.12. The summed E-state index contributed by atoms with van der Waals surface area (Å²) >= 11 is 0. The summed E-state index contributed by atoms with van der Waals surface area (Å²) in [4.78, 5) is 34.0. The highest BCUT2D eigenvalue weighted by Gasteiger charge is 2.48. The number of amides is 1. The first kappa shape index (κ1) is 23.7. The van der Waals surface area contributed by atoms with Gasteiger partial charge < -0.3 is 19.2 Å². The first-order chi connectivity index (χ1) is 15.2. The van der Waals surface area contributed by atoms with Crippen LogP contribution in [0.25, 0.3) is 0 Å². The molecule has 3 atom stereocenters. The van der Waals surface area contributed by atoms with Gasteiger partial charge in [-0.25, -0.2) is 14.8 Å². The average molecular weight is 456 g/mol. The van der Waals surface area contributed by atoms with Gasteiger partial charge in [-0.3, -0.25) is 9.69 Å². The summed E-state index contributed by atoms with van der Waals surface area (Å²) in [5.41, 5.74) is 1.05. The lowest BCUT2D eigenvalue weighted by atomic mass is 10.00. The van der Waals surface area contributed by atoms with Crippen molar-refractivity contribution in [2.24, 2.45) is 0 Å². The van der Waals surface area contributed by atoms with Gasteiger partial charge in [-0.1, -0.05) is 0 Å². The normalized spacial score (nSPS) is 22.8. The van der Waals surface area contributed by atoms with Crippen LogP contribution in [0.5, 0.6) is 0 Å². The Bertz CT molecular complexity index is 894. The summed E-state index contributed by atoms with van der Waals surface area (Å²) in [6, 6.07) is 3.71. The van der Waals surface area contributed by atoms with Crippen molar-refractivity contribution in [3.8, 4) is 0 Å². The highest BCUT2D eigenvalue weighted by atomic mass is 19.4. The Balaban J connectivity index is 0.000000360. The van der Waals surface area contributed by atoms with Crippen LogP contribution >= 0.6 is 0 Å². The summed E-state index contributed by atoms with van der Waals surface area (Å²) < 4.78 is 43.1. The SMILES string of the molecule is CN(Cc1cncnc1)[C@@H]1CN(C(=O)c2ccco2)[C@@H]2CCCO[C@H]12.O=C(O)C(F)(F)F. The molecule has 2 aromatic heterocycles. The van der Waals surface area contributed by atoms with E-state index in [2.05, 4.69) is 21.9 Å². The molecular weight excluding hydrogens is 433 g/mol. The number of carboxylic acids is 1. The number of alkyl halides is 3. The van der Waals surface area contributed by atoms with Gasteiger partial charge in [0.05, 0.1) is 24.5 Å². The van der Waals surface area contributed by atoms with Crippen LogP contribution in [-0.4, -0.2) is 81.3 Å². The number of hydrogen-bond acceptors (Lipinski definition) is 7. The molecule has 0 aromatic carbocycles. The van der Waals surface area contributed by atoms with E-state index in [4.69, 9.17) is 19.1 Å². The lowest BCUT2D eigenvalue weighted by molar-refractivity contribution is -0.192. The number of aliphatic carboxylic acids is 1. The predicted octanol–water partition coefficient (Wildman–Crippen LogP) is 2.21. The number of halogens is 3. The lowest BCUT2D eigenvalue weighted by Gasteiger charge is -2.34. The number of fused-ring (bicyclic) bond motifs is 1. The third-order valence-corrected chi connectivity index (χ3v) is 5.34. The maximum atomic E-state index is 12.8. The zero-order valence-corrected chi connectivity index (χ0v) is 17.2. The Kier molecular flexibility index (Phi) is 7.46. The molecule has 174 valence electrons. The summed E-state index contributed by atoms with van der Waals surface area (Å²) in [7, 11) is 2.06. The van der Waals surface area contributed by atoms with Gasteiger partial charge in [0.1, 0.15) is 6.33 Å². The third kappa shape index (κ3) is 5.62. The van der Waals surface area contributed by atoms with Crippen molar-refractivity contribution < 1.29 is 37.0 Å². The average Bonchev–Trinajstić information content (AvgIpc) is 3.42. The molecule has 2 aliphatic heterocycles. The van der Waals surface area contributed by atoms with E-state index in [-0.39, 0.29) is 24.1 Å². The van der Waals surface area contributed by atoms with Crippen molar-refractivity contribution in [3.63, 3.8) is 0 Å². The molecule has 9 nitrogen and oxygen atoms in total. The van der Waals surface area contributed by atoms with Crippen molar-refractivity contribution in [2.75, 3.05) is 20.2 Å². The van der Waals surface area contributed by atoms with Gasteiger partial charge in [-0.2, -0.15) is 13.2 Å². The molecule has 2 aromatic rings. The zero-order valence-electron chi connectivity index (χ0n) is 17.2. The van der Waals surface area contributed by atoms with Gasteiger partial charge >= 0.3 is 12.1 Å². The minimum atomic E-state index is -5.08. The number of hydrogen-bond donors (Lipinski definition) is 1. The topological polar surface area (TPSA) is 109 Å². The van der Waals surface area contributed by atoms with Crippen LogP contribution in [-0.2, 0) is 16.1 Å². The van der Waals surface area contributed by atoms with Crippen molar-refractivity contribution in [3.05, 3.63) is 48.4 Å². The van der Waals surface area contributed by atoms with E-state index in [1.54, 1.807) is 12.1 Å². The Labute approximate surface area is 181 Å². The molecule has 0 saturated carbocycles. The highest BCUT2D eigenvalue weighted by molar-refractivity contribution is 5.92. The maximum absolute atomic E-state index is 12.8. The minimum Gasteiger partial charge on any atom is -0.475 e. The van der Waals surface area contributed by atoms with E-state index < -0.39 is 12.1 Å². The molecule has 32 heavy (non-hydrogen) atoms. The van der Waals surface area contributed by atoms with Crippen LogP contribution < -0.4 is 0 Å². The Morgan fingerprint density at radius 3 is 2.59 bits per heavy atom. The molecule has 2 saturated heterocycles. The van der Waals surface area contributed by atoms with Gasteiger partial charge in [0, 0.05) is 37.7 Å². The second kappa shape index (κ2) is 10.1. The van der Waals surface area contributed by atoms with Crippen molar-refractivity contribution >= 4 is 11.9 Å². The van der Waals surface area contributed by atoms with Gasteiger partial charge in [0.15, 0.2) is 5.76 Å². The molecule has 0 spiro atoms. The second-order valence-electron chi connectivity index (χ2n) is 7.51. The molecule has 0 unspecified atom stereocenters. The first-order valence-corrected chi connectivity index (χ1v) is 9.88. The fourth-order valence-electron chi connectivity index (χ4n) is 3.91. The number of likely N-dealkylation sites (tertiary alicyclic amines) is 1. The quantitative estimate of drug-likeness (QED) is 0.746. The second-order valence-corrected chi connectivity index (χ2v) is 7.51. The summed E-state index contributed by atoms with van der Waals surface area (Å²) in [6.07, 6.45) is 3.61. The van der Waals surface area contributed by atoms with Crippen molar-refractivity contribution in [2.45, 2.75) is 43.8 Å². The fraction of sp³-hybridized carbons (Fsp3) is 0.500. The van der Waals surface area contributed by atoms with Gasteiger partial charge in [-0.05, 0) is 32.0 Å². The number of ether oxygens (including phenoxy) is 1. The maximum Gasteiger partial charge on any atom is 0.490 e. The van der Waals surface area contributed by atoms with Crippen molar-refractivity contribution in [1.82, 2.24) is 19.8 Å². The van der Waals surface area contributed by atoms with Crippen LogP contribution in [0.15, 0.2) is 41.5 Å². The minimum absolute atomic E-state index is 0.0299. The number of rotatable bonds is 4. The number of furan rings is 1. The Morgan fingerprint density at radius 2 is 2.00 bits per heavy atom. The molecule has 4 heterocycles. The van der Waals surface area contributed by atoms with Crippen molar-refractivity contribution in [1.29, 1.82) is 0 Å². The number of nitrogens with zero attached hydrogens (tertiary/aromatic N) is 4. The number of aromatic nitrogens is 2. The van der Waals surface area contributed by atoms with E-state index in [9.17, 15) is 18.0 Å². The third-order valence-electron chi connectivity index (χ3n) is 5.34. The van der Waals surface area contributed by atoms with E-state index in [0.717, 1.165) is 31.6 Å². The first-order valence-electron chi connectivity index (χ1n) is 9.88. The molecule has 0 bridgehead atoms. The van der Waals surface area contributed by atoms with Crippen LogP contribution in [0.4, 0.5) is 13.2 Å². The highest BCUT2D eigenvalue weighted by Crippen LogP contribution is 2.33. The molecule has 12 heteroatoms. The molecule has 0 radical (unpaired) electrons. The fourth-order valence-corrected chi connectivity index (χ4v) is 3.91. The molecule has 1 amide bonds. The van der Waals surface area contributed by atoms with E-state index in [1.165, 1.54) is 12.6 Å². The zero-order chi connectivity index (χ0) is 23.3. The number of carboxylic acid groups (broad SMARTS) is 1. The van der Waals surface area contributed by atoms with E-state index in [0.29, 0.717) is 12.3 Å². The lowest BCUT2D eigenvalue weighted by Crippen LogP contribution is -2.46. The van der Waals surface area contributed by atoms with Crippen LogP contribution in [0.3, 0.4) is 0 Å². The number of carbonyl (C=O) groups is 2. The Hall–Kier alpha value is -2.99. The van der Waals surface area contributed by atoms with Gasteiger partial charge in [-0.15, -0.1) is 0 Å². The monoisotopic (exact) mass is 456 g/mol. The van der Waals surface area contributed by atoms with E-state index in [1.807, 2.05) is 17.3 Å². The standard InChI is InChI=1S/C18H22N4O3.C2HF3O2/c1-21(10-13-8-19-12-20-9-13)15-11-22(14-4-2-7-25-17(14)15)18(23)16-5-3-6-24-16;3-2(4,5)1(6)7/h3,5-6,8-9,12,14-15,17H,2,4,7,10-11H2,1H3;(H,6,7)/t14-,15-,17+;/m1./s1. The predicted molar refractivity (Wildman–Crippen MR) is 103 cm³/mol. The number of likely N-dealkylation sites (N-methyl/N-ethyl adjacent to an activating group) is 1.